The summed E-state index contributed by atoms with van der Waals surface area (Å²) < 4.78 is 0. The summed E-state index contributed by atoms with van der Waals surface area (Å²) >= 11 is 0. The zero-order valence-corrected chi connectivity index (χ0v) is 16.7. The average Bonchev–Trinajstić information content (AvgIpc) is 3.50. The van der Waals surface area contributed by atoms with Gasteiger partial charge in [0.25, 0.3) is 0 Å². The van der Waals surface area contributed by atoms with Crippen molar-refractivity contribution in [1.29, 1.82) is 0 Å². The molecule has 5 heteroatoms. The fraction of sp³-hybridized carbons (Fsp3) is 0.417. The molecular weight excluding hydrogens is 362 g/mol. The molecule has 3 amide bonds. The zero-order chi connectivity index (χ0) is 20.1. The second kappa shape index (κ2) is 8.68. The second-order valence-corrected chi connectivity index (χ2v) is 8.35. The molecule has 5 nitrogen and oxygen atoms in total. The zero-order valence-electron chi connectivity index (χ0n) is 16.7. The molecule has 152 valence electrons. The second-order valence-electron chi connectivity index (χ2n) is 8.35. The van der Waals surface area contributed by atoms with Gasteiger partial charge in [0.2, 0.25) is 5.91 Å². The van der Waals surface area contributed by atoms with E-state index in [1.165, 1.54) is 18.4 Å². The van der Waals surface area contributed by atoms with E-state index in [0.717, 1.165) is 36.9 Å². The quantitative estimate of drug-likeness (QED) is 0.657. The van der Waals surface area contributed by atoms with Crippen LogP contribution in [-0.4, -0.2) is 18.5 Å². The Balaban J connectivity index is 1.29. The Morgan fingerprint density at radius 2 is 1.69 bits per heavy atom. The van der Waals surface area contributed by atoms with Gasteiger partial charge < -0.3 is 16.0 Å². The standard InChI is InChI=1S/C24H29N3O2/c28-22(19-11-12-19)27-21-10-6-7-18(15-21)16-25-23(29)26-17-24(13-4-5-14-24)20-8-2-1-3-9-20/h1-3,6-10,15,19H,4-5,11-14,16-17H2,(H,27,28)(H2,25,26,29). The first-order valence-corrected chi connectivity index (χ1v) is 10.6. The number of hydrogen-bond donors (Lipinski definition) is 3. The summed E-state index contributed by atoms with van der Waals surface area (Å²) in [5.74, 6) is 0.269. The smallest absolute Gasteiger partial charge is 0.315 e. The van der Waals surface area contributed by atoms with Gasteiger partial charge in [-0.2, -0.15) is 0 Å². The highest BCUT2D eigenvalue weighted by Crippen LogP contribution is 2.40. The molecule has 4 rings (SSSR count). The average molecular weight is 392 g/mol. The lowest BCUT2D eigenvalue weighted by molar-refractivity contribution is -0.117. The molecule has 0 unspecified atom stereocenters. The number of carbonyl (C=O) groups is 2. The third kappa shape index (κ3) is 4.97. The Labute approximate surface area is 172 Å². The van der Waals surface area contributed by atoms with E-state index in [2.05, 4.69) is 40.2 Å². The van der Waals surface area contributed by atoms with Gasteiger partial charge in [0.15, 0.2) is 0 Å². The Morgan fingerprint density at radius 3 is 2.41 bits per heavy atom. The maximum Gasteiger partial charge on any atom is 0.315 e. The van der Waals surface area contributed by atoms with Crippen LogP contribution in [0.1, 0.15) is 49.7 Å². The van der Waals surface area contributed by atoms with Crippen LogP contribution in [0.15, 0.2) is 54.6 Å². The summed E-state index contributed by atoms with van der Waals surface area (Å²) in [5.41, 5.74) is 3.12. The lowest BCUT2D eigenvalue weighted by Crippen LogP contribution is -2.43. The van der Waals surface area contributed by atoms with Crippen molar-refractivity contribution >= 4 is 17.6 Å². The number of nitrogens with one attached hydrogen (secondary N) is 3. The number of amides is 3. The summed E-state index contributed by atoms with van der Waals surface area (Å²) in [6.07, 6.45) is 6.60. The maximum absolute atomic E-state index is 12.4. The molecule has 0 bridgehead atoms. The molecule has 0 atom stereocenters. The molecule has 29 heavy (non-hydrogen) atoms. The Hall–Kier alpha value is -2.82. The van der Waals surface area contributed by atoms with E-state index in [1.54, 1.807) is 0 Å². The molecular formula is C24H29N3O2. The molecule has 3 N–H and O–H groups in total. The Morgan fingerprint density at radius 1 is 0.931 bits per heavy atom. The summed E-state index contributed by atoms with van der Waals surface area (Å²) in [6, 6.07) is 18.0. The van der Waals surface area contributed by atoms with E-state index in [-0.39, 0.29) is 23.3 Å². The molecule has 0 saturated heterocycles. The highest BCUT2D eigenvalue weighted by Gasteiger charge is 2.35. The SMILES string of the molecule is O=C(NCc1cccc(NC(=O)C2CC2)c1)NCC1(c2ccccc2)CCCC1. The van der Waals surface area contributed by atoms with Crippen molar-refractivity contribution in [1.82, 2.24) is 10.6 Å². The maximum atomic E-state index is 12.4. The molecule has 0 heterocycles. The number of anilines is 1. The normalized spacial score (nSPS) is 17.5. The van der Waals surface area contributed by atoms with Crippen LogP contribution in [0, 0.1) is 5.92 Å². The van der Waals surface area contributed by atoms with Gasteiger partial charge in [0.05, 0.1) is 0 Å². The van der Waals surface area contributed by atoms with Gasteiger partial charge in [0, 0.05) is 30.1 Å². The van der Waals surface area contributed by atoms with Crippen LogP contribution < -0.4 is 16.0 Å². The van der Waals surface area contributed by atoms with E-state index in [0.29, 0.717) is 13.1 Å². The summed E-state index contributed by atoms with van der Waals surface area (Å²) in [6.45, 7) is 1.08. The highest BCUT2D eigenvalue weighted by molar-refractivity contribution is 5.94. The van der Waals surface area contributed by atoms with Crippen LogP contribution in [0.2, 0.25) is 0 Å². The molecule has 2 aromatic carbocycles. The first-order chi connectivity index (χ1) is 14.1. The third-order valence-corrected chi connectivity index (χ3v) is 6.13. The van der Waals surface area contributed by atoms with E-state index < -0.39 is 0 Å². The topological polar surface area (TPSA) is 70.2 Å². The van der Waals surface area contributed by atoms with Crippen molar-refractivity contribution in [2.75, 3.05) is 11.9 Å². The molecule has 2 aromatic rings. The van der Waals surface area contributed by atoms with Gasteiger partial charge >= 0.3 is 6.03 Å². The van der Waals surface area contributed by atoms with Gasteiger partial charge in [-0.3, -0.25) is 4.79 Å². The van der Waals surface area contributed by atoms with Crippen LogP contribution in [0.3, 0.4) is 0 Å². The van der Waals surface area contributed by atoms with Crippen LogP contribution >= 0.6 is 0 Å². The highest BCUT2D eigenvalue weighted by atomic mass is 16.2. The van der Waals surface area contributed by atoms with E-state index in [1.807, 2.05) is 30.3 Å². The van der Waals surface area contributed by atoms with Crippen LogP contribution in [0.25, 0.3) is 0 Å². The van der Waals surface area contributed by atoms with E-state index in [4.69, 9.17) is 0 Å². The summed E-state index contributed by atoms with van der Waals surface area (Å²) in [4.78, 5) is 24.3. The monoisotopic (exact) mass is 391 g/mol. The Kier molecular flexibility index (Phi) is 5.84. The van der Waals surface area contributed by atoms with Gasteiger partial charge in [-0.15, -0.1) is 0 Å². The van der Waals surface area contributed by atoms with Crippen molar-refractivity contribution in [2.45, 2.75) is 50.5 Å². The van der Waals surface area contributed by atoms with Gasteiger partial charge in [0.1, 0.15) is 0 Å². The van der Waals surface area contributed by atoms with Crippen molar-refractivity contribution in [3.8, 4) is 0 Å². The van der Waals surface area contributed by atoms with Crippen molar-refractivity contribution < 1.29 is 9.59 Å². The van der Waals surface area contributed by atoms with E-state index in [9.17, 15) is 9.59 Å². The van der Waals surface area contributed by atoms with Crippen molar-refractivity contribution in [3.05, 3.63) is 65.7 Å². The molecule has 0 aromatic heterocycles. The van der Waals surface area contributed by atoms with Gasteiger partial charge in [-0.1, -0.05) is 55.3 Å². The molecule has 2 fully saturated rings. The number of carbonyl (C=O) groups excluding carboxylic acids is 2. The first-order valence-electron chi connectivity index (χ1n) is 10.6. The predicted octanol–water partition coefficient (Wildman–Crippen LogP) is 4.35. The first kappa shape index (κ1) is 19.5. The fourth-order valence-electron chi connectivity index (χ4n) is 4.25. The van der Waals surface area contributed by atoms with Crippen LogP contribution in [-0.2, 0) is 16.8 Å². The molecule has 0 radical (unpaired) electrons. The van der Waals surface area contributed by atoms with Crippen molar-refractivity contribution in [3.63, 3.8) is 0 Å². The lowest BCUT2D eigenvalue weighted by atomic mass is 9.79. The number of urea groups is 1. The largest absolute Gasteiger partial charge is 0.337 e. The lowest BCUT2D eigenvalue weighted by Gasteiger charge is -2.30. The molecule has 2 aliphatic rings. The number of hydrogen-bond acceptors (Lipinski definition) is 2. The summed E-state index contributed by atoms with van der Waals surface area (Å²) in [5, 5.41) is 8.98. The minimum Gasteiger partial charge on any atom is -0.337 e. The molecule has 2 aliphatic carbocycles. The fourth-order valence-corrected chi connectivity index (χ4v) is 4.25. The minimum atomic E-state index is -0.153. The molecule has 2 saturated carbocycles. The van der Waals surface area contributed by atoms with Gasteiger partial charge in [-0.05, 0) is 48.9 Å². The van der Waals surface area contributed by atoms with E-state index >= 15 is 0 Å². The Bertz CT molecular complexity index is 855. The van der Waals surface area contributed by atoms with Crippen LogP contribution in [0.4, 0.5) is 10.5 Å². The molecule has 0 aliphatic heterocycles. The van der Waals surface area contributed by atoms with Crippen LogP contribution in [0.5, 0.6) is 0 Å². The third-order valence-electron chi connectivity index (χ3n) is 6.13. The number of rotatable bonds is 7. The summed E-state index contributed by atoms with van der Waals surface area (Å²) in [7, 11) is 0. The number of benzene rings is 2. The predicted molar refractivity (Wildman–Crippen MR) is 115 cm³/mol. The minimum absolute atomic E-state index is 0.0472. The van der Waals surface area contributed by atoms with Gasteiger partial charge in [-0.25, -0.2) is 4.79 Å². The molecule has 0 spiro atoms. The van der Waals surface area contributed by atoms with Crippen molar-refractivity contribution in [2.24, 2.45) is 5.92 Å².